The van der Waals surface area contributed by atoms with Crippen molar-refractivity contribution in [1.29, 1.82) is 0 Å². The molecule has 3 rings (SSSR count). The average molecular weight is 374 g/mol. The molecule has 1 aromatic carbocycles. The molecule has 0 bridgehead atoms. The Balaban J connectivity index is 0.00000132. The summed E-state index contributed by atoms with van der Waals surface area (Å²) in [7, 11) is 0. The fraction of sp³-hybridized carbons (Fsp3) is 0.375. The monoisotopic (exact) mass is 373 g/mol. The summed E-state index contributed by atoms with van der Waals surface area (Å²) in [6.07, 6.45) is 4.94. The van der Waals surface area contributed by atoms with E-state index in [4.69, 9.17) is 5.73 Å². The molecule has 1 aromatic heterocycles. The molecule has 2 atom stereocenters. The van der Waals surface area contributed by atoms with Gasteiger partial charge in [-0.05, 0) is 25.3 Å². The first-order chi connectivity index (χ1) is 10.3. The Morgan fingerprint density at radius 1 is 1.26 bits per heavy atom. The van der Waals surface area contributed by atoms with E-state index >= 15 is 0 Å². The molecule has 0 aliphatic heterocycles. The maximum Gasteiger partial charge on any atom is 0.263 e. The molecule has 1 aliphatic rings. The summed E-state index contributed by atoms with van der Waals surface area (Å²) in [5.41, 5.74) is 6.80. The highest BCUT2D eigenvalue weighted by atomic mass is 35.5. The highest BCUT2D eigenvalue weighted by Gasteiger charge is 2.28. The number of halogens is 2. The van der Waals surface area contributed by atoms with Crippen LogP contribution >= 0.6 is 36.2 Å². The van der Waals surface area contributed by atoms with Crippen LogP contribution in [0.2, 0.25) is 0 Å². The van der Waals surface area contributed by atoms with E-state index < -0.39 is 0 Å². The van der Waals surface area contributed by atoms with Gasteiger partial charge in [-0.3, -0.25) is 4.79 Å². The van der Waals surface area contributed by atoms with E-state index in [1.807, 2.05) is 30.3 Å². The van der Waals surface area contributed by atoms with Crippen LogP contribution in [0.4, 0.5) is 0 Å². The summed E-state index contributed by atoms with van der Waals surface area (Å²) in [4.78, 5) is 17.3. The third kappa shape index (κ3) is 4.67. The normalized spacial score (nSPS) is 19.5. The lowest BCUT2D eigenvalue weighted by atomic mass is 10.0. The minimum atomic E-state index is -0.0277. The maximum absolute atomic E-state index is 12.3. The van der Waals surface area contributed by atoms with Gasteiger partial charge in [-0.15, -0.1) is 36.2 Å². The number of nitrogens with zero attached hydrogens (tertiary/aromatic N) is 1. The summed E-state index contributed by atoms with van der Waals surface area (Å²) in [5.74, 6) is 0.385. The predicted molar refractivity (Wildman–Crippen MR) is 99.7 cm³/mol. The Kier molecular flexibility index (Phi) is 7.99. The molecule has 23 heavy (non-hydrogen) atoms. The van der Waals surface area contributed by atoms with Crippen LogP contribution in [0.25, 0.3) is 10.6 Å². The smallest absolute Gasteiger partial charge is 0.263 e. The summed E-state index contributed by atoms with van der Waals surface area (Å²) in [5, 5.41) is 3.99. The summed E-state index contributed by atoms with van der Waals surface area (Å²) in [6.45, 7) is 0.642. The van der Waals surface area contributed by atoms with Crippen molar-refractivity contribution in [2.75, 3.05) is 6.54 Å². The molecule has 2 aromatic rings. The average Bonchev–Trinajstić information content (AvgIpc) is 3.17. The number of amides is 1. The highest BCUT2D eigenvalue weighted by Crippen LogP contribution is 2.27. The first-order valence-corrected chi connectivity index (χ1v) is 8.12. The molecule has 126 valence electrons. The SMILES string of the molecule is Cl.Cl.NCC1CCCC1NC(=O)c1cnc(-c2ccccc2)s1. The van der Waals surface area contributed by atoms with Gasteiger partial charge in [-0.25, -0.2) is 4.98 Å². The molecule has 7 heteroatoms. The summed E-state index contributed by atoms with van der Waals surface area (Å²) >= 11 is 1.43. The Morgan fingerprint density at radius 3 is 2.70 bits per heavy atom. The van der Waals surface area contributed by atoms with Crippen LogP contribution in [0.15, 0.2) is 36.5 Å². The minimum Gasteiger partial charge on any atom is -0.348 e. The first-order valence-electron chi connectivity index (χ1n) is 7.30. The van der Waals surface area contributed by atoms with E-state index in [-0.39, 0.29) is 36.8 Å². The van der Waals surface area contributed by atoms with Crippen molar-refractivity contribution >= 4 is 42.1 Å². The van der Waals surface area contributed by atoms with Gasteiger partial charge in [0, 0.05) is 11.6 Å². The zero-order valence-electron chi connectivity index (χ0n) is 12.6. The second kappa shape index (κ2) is 9.23. The Hall–Kier alpha value is -1.14. The van der Waals surface area contributed by atoms with Gasteiger partial charge in [0.05, 0.1) is 6.20 Å². The van der Waals surface area contributed by atoms with Crippen molar-refractivity contribution in [3.8, 4) is 10.6 Å². The number of rotatable bonds is 4. The summed E-state index contributed by atoms with van der Waals surface area (Å²) in [6, 6.07) is 10.1. The van der Waals surface area contributed by atoms with Crippen LogP contribution in [0.5, 0.6) is 0 Å². The highest BCUT2D eigenvalue weighted by molar-refractivity contribution is 7.16. The molecule has 1 fully saturated rings. The van der Waals surface area contributed by atoms with E-state index in [9.17, 15) is 4.79 Å². The van der Waals surface area contributed by atoms with Crippen LogP contribution < -0.4 is 11.1 Å². The molecule has 2 unspecified atom stereocenters. The van der Waals surface area contributed by atoms with Crippen LogP contribution in [-0.4, -0.2) is 23.5 Å². The van der Waals surface area contributed by atoms with Gasteiger partial charge < -0.3 is 11.1 Å². The number of nitrogens with two attached hydrogens (primary N) is 1. The third-order valence-corrected chi connectivity index (χ3v) is 5.07. The molecule has 3 N–H and O–H groups in total. The number of hydrogen-bond acceptors (Lipinski definition) is 4. The van der Waals surface area contributed by atoms with E-state index in [0.717, 1.165) is 29.8 Å². The van der Waals surface area contributed by atoms with Gasteiger partial charge in [-0.1, -0.05) is 36.8 Å². The minimum absolute atomic E-state index is 0. The van der Waals surface area contributed by atoms with E-state index in [1.54, 1.807) is 6.20 Å². The third-order valence-electron chi connectivity index (χ3n) is 4.03. The van der Waals surface area contributed by atoms with Crippen LogP contribution in [-0.2, 0) is 0 Å². The lowest BCUT2D eigenvalue weighted by Gasteiger charge is -2.18. The number of aromatic nitrogens is 1. The topological polar surface area (TPSA) is 68.0 Å². The number of carbonyl (C=O) groups excluding carboxylic acids is 1. The standard InChI is InChI=1S/C16H19N3OS.2ClH/c17-9-12-7-4-8-13(12)19-15(20)14-10-18-16(21-14)11-5-2-1-3-6-11;;/h1-3,5-6,10,12-13H,4,7-9,17H2,(H,19,20);2*1H. The predicted octanol–water partition coefficient (Wildman–Crippen LogP) is 3.51. The van der Waals surface area contributed by atoms with Crippen molar-refractivity contribution in [2.24, 2.45) is 11.7 Å². The summed E-state index contributed by atoms with van der Waals surface area (Å²) < 4.78 is 0. The van der Waals surface area contributed by atoms with Gasteiger partial charge in [0.15, 0.2) is 0 Å². The van der Waals surface area contributed by atoms with Gasteiger partial charge in [0.1, 0.15) is 9.88 Å². The van der Waals surface area contributed by atoms with Crippen molar-refractivity contribution in [3.05, 3.63) is 41.4 Å². The Labute approximate surface area is 152 Å². The van der Waals surface area contributed by atoms with E-state index in [1.165, 1.54) is 11.3 Å². The van der Waals surface area contributed by atoms with Gasteiger partial charge >= 0.3 is 0 Å². The maximum atomic E-state index is 12.3. The van der Waals surface area contributed by atoms with Gasteiger partial charge in [0.2, 0.25) is 0 Å². The molecular formula is C16H21Cl2N3OS. The number of benzene rings is 1. The lowest BCUT2D eigenvalue weighted by molar-refractivity contribution is 0.0932. The molecular weight excluding hydrogens is 353 g/mol. The lowest BCUT2D eigenvalue weighted by Crippen LogP contribution is -2.39. The van der Waals surface area contributed by atoms with E-state index in [0.29, 0.717) is 17.3 Å². The van der Waals surface area contributed by atoms with E-state index in [2.05, 4.69) is 10.3 Å². The molecule has 1 saturated carbocycles. The Bertz CT molecular complexity index is 621. The zero-order valence-corrected chi connectivity index (χ0v) is 15.1. The molecule has 1 aliphatic carbocycles. The first kappa shape index (κ1) is 19.9. The molecule has 4 nitrogen and oxygen atoms in total. The second-order valence-corrected chi connectivity index (χ2v) is 6.43. The van der Waals surface area contributed by atoms with Crippen LogP contribution in [0.1, 0.15) is 28.9 Å². The van der Waals surface area contributed by atoms with Crippen molar-refractivity contribution < 1.29 is 4.79 Å². The molecule has 0 spiro atoms. The van der Waals surface area contributed by atoms with Crippen LogP contribution in [0.3, 0.4) is 0 Å². The molecule has 0 radical (unpaired) electrons. The number of thiazole rings is 1. The fourth-order valence-corrected chi connectivity index (χ4v) is 3.67. The van der Waals surface area contributed by atoms with Crippen molar-refractivity contribution in [3.63, 3.8) is 0 Å². The van der Waals surface area contributed by atoms with Gasteiger partial charge in [-0.2, -0.15) is 0 Å². The largest absolute Gasteiger partial charge is 0.348 e. The number of hydrogen-bond donors (Lipinski definition) is 2. The van der Waals surface area contributed by atoms with Gasteiger partial charge in [0.25, 0.3) is 5.91 Å². The molecule has 1 heterocycles. The fourth-order valence-electron chi connectivity index (χ4n) is 2.84. The second-order valence-electron chi connectivity index (χ2n) is 5.40. The number of nitrogens with one attached hydrogen (secondary N) is 1. The molecule has 1 amide bonds. The molecule has 0 saturated heterocycles. The van der Waals surface area contributed by atoms with Crippen LogP contribution in [0, 0.1) is 5.92 Å². The van der Waals surface area contributed by atoms with Crippen molar-refractivity contribution in [2.45, 2.75) is 25.3 Å². The Morgan fingerprint density at radius 2 is 2.00 bits per heavy atom. The zero-order chi connectivity index (χ0) is 14.7. The number of carbonyl (C=O) groups is 1. The van der Waals surface area contributed by atoms with Crippen molar-refractivity contribution in [1.82, 2.24) is 10.3 Å². The quantitative estimate of drug-likeness (QED) is 0.861.